The molecule has 30 heavy (non-hydrogen) atoms. The Hall–Kier alpha value is -2.76. The zero-order valence-electron chi connectivity index (χ0n) is 15.8. The van der Waals surface area contributed by atoms with Gasteiger partial charge in [-0.05, 0) is 19.1 Å². The molecule has 4 rings (SSSR count). The first-order valence-corrected chi connectivity index (χ1v) is 9.80. The molecule has 2 aliphatic rings. The number of rotatable bonds is 3. The van der Waals surface area contributed by atoms with E-state index in [-0.39, 0.29) is 16.8 Å². The monoisotopic (exact) mass is 445 g/mol. The molecular weight excluding hydrogens is 427 g/mol. The molecule has 0 saturated carbocycles. The van der Waals surface area contributed by atoms with Crippen molar-refractivity contribution in [2.45, 2.75) is 30.4 Å². The summed E-state index contributed by atoms with van der Waals surface area (Å²) in [7, 11) is 0. The Morgan fingerprint density at radius 1 is 1.40 bits per heavy atom. The van der Waals surface area contributed by atoms with Crippen LogP contribution in [0.15, 0.2) is 35.1 Å². The number of carboxylic acid groups (broad SMARTS) is 1. The van der Waals surface area contributed by atoms with Crippen molar-refractivity contribution in [3.8, 4) is 5.75 Å². The van der Waals surface area contributed by atoms with E-state index >= 15 is 0 Å². The molecule has 2 saturated heterocycles. The van der Waals surface area contributed by atoms with E-state index in [0.717, 1.165) is 36.7 Å². The second kappa shape index (κ2) is 8.54. The van der Waals surface area contributed by atoms with Crippen LogP contribution < -0.4 is 4.74 Å². The number of nitrogens with zero attached hydrogens (tertiary/aromatic N) is 3. The Morgan fingerprint density at radius 3 is 2.63 bits per heavy atom. The lowest BCUT2D eigenvalue weighted by atomic mass is 9.92. The Balaban J connectivity index is 0.000000318. The van der Waals surface area contributed by atoms with Gasteiger partial charge in [0.05, 0.1) is 16.6 Å². The minimum atomic E-state index is -5.08. The Bertz CT molecular complexity index is 900. The quantitative estimate of drug-likeness (QED) is 0.769. The number of carboxylic acids is 1. The molecular formula is C18H18F3N3O5S. The molecule has 1 amide bonds. The average Bonchev–Trinajstić information content (AvgIpc) is 3.27. The summed E-state index contributed by atoms with van der Waals surface area (Å²) in [6.45, 7) is 3.29. The number of aryl methyl sites for hydroxylation is 1. The van der Waals surface area contributed by atoms with Crippen LogP contribution in [0, 0.1) is 6.92 Å². The molecule has 8 nitrogen and oxygen atoms in total. The third-order valence-electron chi connectivity index (χ3n) is 4.44. The Morgan fingerprint density at radius 2 is 2.10 bits per heavy atom. The highest BCUT2D eigenvalue weighted by atomic mass is 32.2. The van der Waals surface area contributed by atoms with Crippen LogP contribution in [0.1, 0.15) is 22.7 Å². The molecule has 0 aliphatic carbocycles. The molecule has 0 aromatic carbocycles. The van der Waals surface area contributed by atoms with E-state index in [9.17, 15) is 18.0 Å². The van der Waals surface area contributed by atoms with E-state index in [0.29, 0.717) is 5.76 Å². The van der Waals surface area contributed by atoms with Crippen molar-refractivity contribution >= 4 is 23.6 Å². The first-order chi connectivity index (χ1) is 14.1. The molecule has 4 heterocycles. The summed E-state index contributed by atoms with van der Waals surface area (Å²) in [6.07, 6.45) is -0.489. The fourth-order valence-electron chi connectivity index (χ4n) is 3.12. The van der Waals surface area contributed by atoms with Crippen LogP contribution >= 0.6 is 11.8 Å². The summed E-state index contributed by atoms with van der Waals surface area (Å²) in [5, 5.41) is 10.9. The van der Waals surface area contributed by atoms with Gasteiger partial charge < -0.3 is 19.3 Å². The largest absolute Gasteiger partial charge is 0.490 e. The normalized spacial score (nSPS) is 19.6. The molecule has 0 radical (unpaired) electrons. The molecule has 0 bridgehead atoms. The van der Waals surface area contributed by atoms with Crippen molar-refractivity contribution in [3.63, 3.8) is 0 Å². The molecule has 1 spiro atoms. The van der Waals surface area contributed by atoms with E-state index in [4.69, 9.17) is 19.2 Å². The SMILES string of the molecule is Cc1cc(C(=O)N2CC3(CC(Oc4cccnc4)CS3)C2)on1.O=C(O)C(F)(F)F. The van der Waals surface area contributed by atoms with Crippen LogP contribution in [0.2, 0.25) is 0 Å². The second-order valence-corrected chi connectivity index (χ2v) is 8.41. The minimum Gasteiger partial charge on any atom is -0.488 e. The van der Waals surface area contributed by atoms with Gasteiger partial charge in [-0.1, -0.05) is 5.16 Å². The lowest BCUT2D eigenvalue weighted by molar-refractivity contribution is -0.192. The number of aromatic nitrogens is 2. The number of carbonyl (C=O) groups is 2. The molecule has 1 atom stereocenters. The van der Waals surface area contributed by atoms with Crippen LogP contribution in [0.4, 0.5) is 13.2 Å². The number of thioether (sulfide) groups is 1. The number of hydrogen-bond acceptors (Lipinski definition) is 7. The van der Waals surface area contributed by atoms with Crippen LogP contribution in [0.5, 0.6) is 5.75 Å². The van der Waals surface area contributed by atoms with E-state index in [2.05, 4.69) is 10.1 Å². The molecule has 2 aromatic rings. The standard InChI is InChI=1S/C16H17N3O3S.C2HF3O2/c1-11-5-14(22-18-11)15(20)19-9-16(10-19)6-13(8-23-16)21-12-3-2-4-17-7-12;3-2(4,5)1(6)7/h2-5,7,13H,6,8-10H2,1H3;(H,6,7). The number of pyridine rings is 1. The molecule has 2 aliphatic heterocycles. The molecule has 1 unspecified atom stereocenters. The summed E-state index contributed by atoms with van der Waals surface area (Å²) in [6, 6.07) is 5.48. The first kappa shape index (κ1) is 21.9. The van der Waals surface area contributed by atoms with Gasteiger partial charge in [0.1, 0.15) is 11.9 Å². The fourth-order valence-corrected chi connectivity index (χ4v) is 4.64. The van der Waals surface area contributed by atoms with Crippen molar-refractivity contribution in [1.29, 1.82) is 0 Å². The Kier molecular flexibility index (Phi) is 6.25. The molecule has 162 valence electrons. The number of carbonyl (C=O) groups excluding carboxylic acids is 1. The highest BCUT2D eigenvalue weighted by Crippen LogP contribution is 2.46. The van der Waals surface area contributed by atoms with Gasteiger partial charge in [-0.3, -0.25) is 9.78 Å². The Labute approximate surface area is 173 Å². The van der Waals surface area contributed by atoms with Gasteiger partial charge >= 0.3 is 12.1 Å². The van der Waals surface area contributed by atoms with Crippen LogP contribution in [0.3, 0.4) is 0 Å². The van der Waals surface area contributed by atoms with Crippen LogP contribution in [-0.2, 0) is 4.79 Å². The van der Waals surface area contributed by atoms with E-state index in [1.807, 2.05) is 35.7 Å². The molecule has 2 aromatic heterocycles. The van der Waals surface area contributed by atoms with E-state index < -0.39 is 12.1 Å². The number of hydrogen-bond donors (Lipinski definition) is 1. The maximum atomic E-state index is 12.3. The van der Waals surface area contributed by atoms with E-state index in [1.165, 1.54) is 0 Å². The fraction of sp³-hybridized carbons (Fsp3) is 0.444. The summed E-state index contributed by atoms with van der Waals surface area (Å²) in [4.78, 5) is 27.1. The predicted octanol–water partition coefficient (Wildman–Crippen LogP) is 2.79. The van der Waals surface area contributed by atoms with Crippen molar-refractivity contribution in [1.82, 2.24) is 15.0 Å². The second-order valence-electron chi connectivity index (χ2n) is 6.92. The van der Waals surface area contributed by atoms with Gasteiger partial charge in [-0.2, -0.15) is 13.2 Å². The van der Waals surface area contributed by atoms with Gasteiger partial charge in [0, 0.05) is 37.5 Å². The maximum absolute atomic E-state index is 12.3. The zero-order chi connectivity index (χ0) is 21.9. The highest BCUT2D eigenvalue weighted by molar-refractivity contribution is 8.01. The summed E-state index contributed by atoms with van der Waals surface area (Å²) in [5.74, 6) is -0.762. The smallest absolute Gasteiger partial charge is 0.488 e. The first-order valence-electron chi connectivity index (χ1n) is 8.81. The number of aliphatic carboxylic acids is 1. The van der Waals surface area contributed by atoms with E-state index in [1.54, 1.807) is 18.5 Å². The maximum Gasteiger partial charge on any atom is 0.490 e. The molecule has 1 N–H and O–H groups in total. The van der Waals surface area contributed by atoms with Gasteiger partial charge in [-0.25, -0.2) is 4.79 Å². The summed E-state index contributed by atoms with van der Waals surface area (Å²) < 4.78 is 42.9. The van der Waals surface area contributed by atoms with Gasteiger partial charge in [-0.15, -0.1) is 11.8 Å². The van der Waals surface area contributed by atoms with Gasteiger partial charge in [0.2, 0.25) is 5.76 Å². The number of ether oxygens (including phenoxy) is 1. The number of halogens is 3. The third-order valence-corrected chi connectivity index (χ3v) is 6.01. The third kappa shape index (κ3) is 5.23. The highest BCUT2D eigenvalue weighted by Gasteiger charge is 2.51. The predicted molar refractivity (Wildman–Crippen MR) is 99.3 cm³/mol. The summed E-state index contributed by atoms with van der Waals surface area (Å²) >= 11 is 1.89. The van der Waals surface area contributed by atoms with Crippen molar-refractivity contribution in [3.05, 3.63) is 42.0 Å². The number of likely N-dealkylation sites (tertiary alicyclic amines) is 1. The molecule has 12 heteroatoms. The summed E-state index contributed by atoms with van der Waals surface area (Å²) in [5.41, 5.74) is 0.726. The van der Waals surface area contributed by atoms with Crippen molar-refractivity contribution < 1.29 is 37.1 Å². The lowest BCUT2D eigenvalue weighted by Gasteiger charge is -2.46. The minimum absolute atomic E-state index is 0.0755. The van der Waals surface area contributed by atoms with Crippen molar-refractivity contribution in [2.75, 3.05) is 18.8 Å². The number of alkyl halides is 3. The number of amides is 1. The average molecular weight is 445 g/mol. The van der Waals surface area contributed by atoms with Crippen LogP contribution in [-0.4, -0.2) is 67.9 Å². The van der Waals surface area contributed by atoms with Gasteiger partial charge in [0.25, 0.3) is 5.91 Å². The van der Waals surface area contributed by atoms with Gasteiger partial charge in [0.15, 0.2) is 0 Å². The topological polar surface area (TPSA) is 106 Å². The zero-order valence-corrected chi connectivity index (χ0v) is 16.6. The van der Waals surface area contributed by atoms with Crippen LogP contribution in [0.25, 0.3) is 0 Å². The molecule has 2 fully saturated rings. The lowest BCUT2D eigenvalue weighted by Crippen LogP contribution is -2.60. The van der Waals surface area contributed by atoms with Crippen molar-refractivity contribution in [2.24, 2.45) is 0 Å².